The van der Waals surface area contributed by atoms with Crippen molar-refractivity contribution in [3.05, 3.63) is 0 Å². The van der Waals surface area contributed by atoms with Gasteiger partial charge in [0.2, 0.25) is 17.7 Å². The number of carbonyl (C=O) groups is 3. The van der Waals surface area contributed by atoms with Crippen molar-refractivity contribution in [2.24, 2.45) is 11.8 Å². The summed E-state index contributed by atoms with van der Waals surface area (Å²) in [4.78, 5) is 36.9. The van der Waals surface area contributed by atoms with Gasteiger partial charge >= 0.3 is 0 Å². The van der Waals surface area contributed by atoms with Crippen LogP contribution in [0.3, 0.4) is 0 Å². The van der Waals surface area contributed by atoms with Crippen molar-refractivity contribution in [1.82, 2.24) is 15.5 Å². The Morgan fingerprint density at radius 3 is 2.50 bits per heavy atom. The van der Waals surface area contributed by atoms with Crippen LogP contribution in [-0.2, 0) is 14.4 Å². The minimum absolute atomic E-state index is 0.0165. The predicted octanol–water partition coefficient (Wildman–Crippen LogP) is 0.132. The van der Waals surface area contributed by atoms with E-state index in [1.807, 2.05) is 13.8 Å². The zero-order valence-electron chi connectivity index (χ0n) is 12.7. The number of carbonyl (C=O) groups excluding carboxylic acids is 3. The first-order chi connectivity index (χ1) is 9.31. The number of hydrogen-bond acceptors (Lipinski definition) is 3. The van der Waals surface area contributed by atoms with Gasteiger partial charge in [0, 0.05) is 27.1 Å². The number of amides is 3. The number of likely N-dealkylation sites (N-methyl/N-ethyl adjacent to an activating group) is 1. The molecule has 0 spiro atoms. The lowest BCUT2D eigenvalue weighted by atomic mass is 9.96. The molecule has 0 bridgehead atoms. The first-order valence-electron chi connectivity index (χ1n) is 7.09. The van der Waals surface area contributed by atoms with Crippen molar-refractivity contribution in [2.45, 2.75) is 39.2 Å². The summed E-state index contributed by atoms with van der Waals surface area (Å²) in [7, 11) is 3.37. The third kappa shape index (κ3) is 4.83. The Balaban J connectivity index is 2.61. The van der Waals surface area contributed by atoms with Crippen LogP contribution in [0.1, 0.15) is 33.1 Å². The molecule has 0 aromatic carbocycles. The monoisotopic (exact) mass is 283 g/mol. The Hall–Kier alpha value is -1.59. The second-order valence-electron chi connectivity index (χ2n) is 5.96. The van der Waals surface area contributed by atoms with E-state index >= 15 is 0 Å². The molecule has 0 aliphatic carbocycles. The van der Waals surface area contributed by atoms with Gasteiger partial charge in [-0.25, -0.2) is 0 Å². The molecule has 114 valence electrons. The maximum atomic E-state index is 12.2. The second kappa shape index (κ2) is 7.26. The molecule has 6 nitrogen and oxygen atoms in total. The summed E-state index contributed by atoms with van der Waals surface area (Å²) in [6, 6.07) is -0.491. The highest BCUT2D eigenvalue weighted by Gasteiger charge is 2.29. The summed E-state index contributed by atoms with van der Waals surface area (Å²) in [6.07, 6.45) is 1.53. The lowest BCUT2D eigenvalue weighted by molar-refractivity contribution is -0.137. The summed E-state index contributed by atoms with van der Waals surface area (Å²) in [5, 5.41) is 5.52. The molecule has 6 heteroatoms. The Bertz CT molecular complexity index is 370. The van der Waals surface area contributed by atoms with Gasteiger partial charge < -0.3 is 15.5 Å². The van der Waals surface area contributed by atoms with Crippen LogP contribution in [0.25, 0.3) is 0 Å². The molecule has 1 aliphatic rings. The summed E-state index contributed by atoms with van der Waals surface area (Å²) in [6.45, 7) is 4.39. The zero-order chi connectivity index (χ0) is 15.3. The molecule has 2 unspecified atom stereocenters. The van der Waals surface area contributed by atoms with Crippen molar-refractivity contribution in [3.63, 3.8) is 0 Å². The number of hydrogen-bond donors (Lipinski definition) is 2. The molecule has 2 N–H and O–H groups in total. The van der Waals surface area contributed by atoms with Crippen LogP contribution in [0.4, 0.5) is 0 Å². The highest BCUT2D eigenvalue weighted by molar-refractivity contribution is 5.89. The molecule has 1 saturated heterocycles. The first-order valence-corrected chi connectivity index (χ1v) is 7.09. The van der Waals surface area contributed by atoms with Gasteiger partial charge in [0.25, 0.3) is 0 Å². The maximum absolute atomic E-state index is 12.2. The summed E-state index contributed by atoms with van der Waals surface area (Å²) < 4.78 is 0. The number of rotatable bonds is 5. The third-order valence-electron chi connectivity index (χ3n) is 3.40. The van der Waals surface area contributed by atoms with Crippen molar-refractivity contribution >= 4 is 17.7 Å². The predicted molar refractivity (Wildman–Crippen MR) is 75.8 cm³/mol. The minimum Gasteiger partial charge on any atom is -0.355 e. The highest BCUT2D eigenvalue weighted by atomic mass is 16.2. The maximum Gasteiger partial charge on any atom is 0.244 e. The van der Waals surface area contributed by atoms with Crippen LogP contribution in [0.2, 0.25) is 0 Å². The normalized spacial score (nSPS) is 20.2. The van der Waals surface area contributed by atoms with E-state index in [1.54, 1.807) is 14.1 Å². The van der Waals surface area contributed by atoms with Gasteiger partial charge in [-0.1, -0.05) is 13.8 Å². The van der Waals surface area contributed by atoms with Crippen LogP contribution in [0.5, 0.6) is 0 Å². The van der Waals surface area contributed by atoms with E-state index in [1.165, 1.54) is 4.90 Å². The summed E-state index contributed by atoms with van der Waals surface area (Å²) >= 11 is 0. The van der Waals surface area contributed by atoms with E-state index in [9.17, 15) is 14.4 Å². The average Bonchev–Trinajstić information content (AvgIpc) is 2.37. The highest BCUT2D eigenvalue weighted by Crippen LogP contribution is 2.13. The molecule has 3 amide bonds. The van der Waals surface area contributed by atoms with Crippen LogP contribution >= 0.6 is 0 Å². The van der Waals surface area contributed by atoms with Gasteiger partial charge in [0.1, 0.15) is 6.04 Å². The van der Waals surface area contributed by atoms with Gasteiger partial charge in [-0.15, -0.1) is 0 Å². The van der Waals surface area contributed by atoms with Gasteiger partial charge in [-0.2, -0.15) is 0 Å². The van der Waals surface area contributed by atoms with Crippen molar-refractivity contribution in [2.75, 3.05) is 20.6 Å². The molecule has 0 saturated carbocycles. The number of nitrogens with zero attached hydrogens (tertiary/aromatic N) is 1. The lowest BCUT2D eigenvalue weighted by Crippen LogP contribution is -2.51. The Morgan fingerprint density at radius 2 is 2.05 bits per heavy atom. The fourth-order valence-corrected chi connectivity index (χ4v) is 2.25. The molecule has 1 heterocycles. The van der Waals surface area contributed by atoms with Crippen molar-refractivity contribution in [1.29, 1.82) is 0 Å². The van der Waals surface area contributed by atoms with Gasteiger partial charge in [0.05, 0.1) is 5.92 Å². The average molecular weight is 283 g/mol. The largest absolute Gasteiger partial charge is 0.355 e. The lowest BCUT2D eigenvalue weighted by Gasteiger charge is -2.27. The summed E-state index contributed by atoms with van der Waals surface area (Å²) in [5.41, 5.74) is 0. The van der Waals surface area contributed by atoms with Crippen LogP contribution in [-0.4, -0.2) is 49.3 Å². The quantitative estimate of drug-likeness (QED) is 0.753. The fraction of sp³-hybridized carbons (Fsp3) is 0.786. The molecule has 1 fully saturated rings. The second-order valence-corrected chi connectivity index (χ2v) is 5.96. The smallest absolute Gasteiger partial charge is 0.244 e. The van der Waals surface area contributed by atoms with E-state index in [0.717, 1.165) is 0 Å². The molecule has 0 radical (unpaired) electrons. The minimum atomic E-state index is -0.491. The fourth-order valence-electron chi connectivity index (χ4n) is 2.25. The van der Waals surface area contributed by atoms with Gasteiger partial charge in [0.15, 0.2) is 0 Å². The van der Waals surface area contributed by atoms with E-state index in [0.29, 0.717) is 31.7 Å². The Kier molecular flexibility index (Phi) is 5.98. The van der Waals surface area contributed by atoms with E-state index in [2.05, 4.69) is 10.6 Å². The Morgan fingerprint density at radius 1 is 1.40 bits per heavy atom. The van der Waals surface area contributed by atoms with Gasteiger partial charge in [-0.05, 0) is 18.8 Å². The zero-order valence-corrected chi connectivity index (χ0v) is 12.7. The van der Waals surface area contributed by atoms with Crippen LogP contribution < -0.4 is 10.6 Å². The number of nitrogens with one attached hydrogen (secondary N) is 2. The molecule has 2 atom stereocenters. The van der Waals surface area contributed by atoms with Crippen LogP contribution in [0, 0.1) is 11.8 Å². The molecule has 20 heavy (non-hydrogen) atoms. The number of piperidine rings is 1. The van der Waals surface area contributed by atoms with Gasteiger partial charge in [-0.3, -0.25) is 14.4 Å². The van der Waals surface area contributed by atoms with Crippen molar-refractivity contribution < 1.29 is 14.4 Å². The molecule has 0 aromatic heterocycles. The standard InChI is InChI=1S/C14H25N3O3/c1-9(2)7-11(14(20)17(3)4)16-13(19)10-5-6-12(18)15-8-10/h9-11H,5-8H2,1-4H3,(H,15,18)(H,16,19). The Labute approximate surface area is 120 Å². The topological polar surface area (TPSA) is 78.5 Å². The summed E-state index contributed by atoms with van der Waals surface area (Å²) in [5.74, 6) is -0.178. The molecule has 0 aromatic rings. The van der Waals surface area contributed by atoms with Crippen LogP contribution in [0.15, 0.2) is 0 Å². The SMILES string of the molecule is CC(C)CC(NC(=O)C1CCC(=O)NC1)C(=O)N(C)C. The van der Waals surface area contributed by atoms with E-state index in [-0.39, 0.29) is 23.6 Å². The molecule has 1 aliphatic heterocycles. The first kappa shape index (κ1) is 16.5. The molecule has 1 rings (SSSR count). The van der Waals surface area contributed by atoms with Crippen molar-refractivity contribution in [3.8, 4) is 0 Å². The van der Waals surface area contributed by atoms with E-state index in [4.69, 9.17) is 0 Å². The van der Waals surface area contributed by atoms with E-state index < -0.39 is 6.04 Å². The third-order valence-corrected chi connectivity index (χ3v) is 3.40. The molecular formula is C14H25N3O3. The molecular weight excluding hydrogens is 258 g/mol.